The molecule has 1 N–H and O–H groups in total. The van der Waals surface area contributed by atoms with Crippen molar-refractivity contribution < 1.29 is 27.4 Å². The SMILES string of the molecule is CCCNCc1ccc(OCOCC(F)(F)F)c(OC)c1. The van der Waals surface area contributed by atoms with Crippen molar-refractivity contribution in [3.05, 3.63) is 23.8 Å². The molecule has 0 unspecified atom stereocenters. The van der Waals surface area contributed by atoms with Crippen LogP contribution >= 0.6 is 0 Å². The number of nitrogens with one attached hydrogen (secondary N) is 1. The zero-order chi connectivity index (χ0) is 15.7. The predicted octanol–water partition coefficient (Wildman–Crippen LogP) is 3.11. The van der Waals surface area contributed by atoms with E-state index >= 15 is 0 Å². The van der Waals surface area contributed by atoms with Crippen molar-refractivity contribution in [2.45, 2.75) is 26.1 Å². The summed E-state index contributed by atoms with van der Waals surface area (Å²) in [6.07, 6.45) is -3.32. The molecule has 7 heteroatoms. The molecule has 0 aliphatic carbocycles. The van der Waals surface area contributed by atoms with Gasteiger partial charge in [0.25, 0.3) is 0 Å². The number of hydrogen-bond donors (Lipinski definition) is 1. The molecule has 0 saturated heterocycles. The fourth-order valence-electron chi connectivity index (χ4n) is 1.61. The van der Waals surface area contributed by atoms with E-state index in [0.29, 0.717) is 18.0 Å². The third-order valence-corrected chi connectivity index (χ3v) is 2.55. The molecule has 1 rings (SSSR count). The summed E-state index contributed by atoms with van der Waals surface area (Å²) in [5.41, 5.74) is 1.00. The number of hydrogen-bond acceptors (Lipinski definition) is 4. The summed E-state index contributed by atoms with van der Waals surface area (Å²) >= 11 is 0. The molecule has 0 bridgehead atoms. The van der Waals surface area contributed by atoms with Crippen LogP contribution in [0, 0.1) is 0 Å². The molecule has 0 aliphatic rings. The highest BCUT2D eigenvalue weighted by atomic mass is 19.4. The van der Waals surface area contributed by atoms with Crippen LogP contribution in [0.1, 0.15) is 18.9 Å². The minimum atomic E-state index is -4.36. The molecule has 1 aromatic rings. The lowest BCUT2D eigenvalue weighted by molar-refractivity contribution is -0.186. The topological polar surface area (TPSA) is 39.7 Å². The van der Waals surface area contributed by atoms with E-state index < -0.39 is 19.6 Å². The molecule has 0 aliphatic heterocycles. The molecule has 0 aromatic heterocycles. The van der Waals surface area contributed by atoms with Crippen LogP contribution in [-0.2, 0) is 11.3 Å². The Morgan fingerprint density at radius 3 is 2.57 bits per heavy atom. The predicted molar refractivity (Wildman–Crippen MR) is 72.5 cm³/mol. The molecular weight excluding hydrogens is 287 g/mol. The second-order valence-electron chi connectivity index (χ2n) is 4.39. The first kappa shape index (κ1) is 17.6. The molecule has 120 valence electrons. The van der Waals surface area contributed by atoms with Gasteiger partial charge in [0.1, 0.15) is 6.61 Å². The van der Waals surface area contributed by atoms with Crippen molar-refractivity contribution in [2.75, 3.05) is 27.1 Å². The summed E-state index contributed by atoms with van der Waals surface area (Å²) in [6.45, 7) is 1.85. The average molecular weight is 307 g/mol. The molecule has 0 atom stereocenters. The van der Waals surface area contributed by atoms with Gasteiger partial charge in [-0.3, -0.25) is 0 Å². The van der Waals surface area contributed by atoms with Gasteiger partial charge < -0.3 is 19.5 Å². The Hall–Kier alpha value is -1.47. The van der Waals surface area contributed by atoms with E-state index in [1.54, 1.807) is 12.1 Å². The standard InChI is InChI=1S/C14H20F3NO3/c1-3-6-18-8-11-4-5-12(13(7-11)19-2)21-10-20-9-14(15,16)17/h4-5,7,18H,3,6,8-10H2,1-2H3. The third kappa shape index (κ3) is 7.19. The normalized spacial score (nSPS) is 11.5. The average Bonchev–Trinajstić information content (AvgIpc) is 2.43. The van der Waals surface area contributed by atoms with Crippen LogP contribution in [0.15, 0.2) is 18.2 Å². The highest BCUT2D eigenvalue weighted by Gasteiger charge is 2.27. The van der Waals surface area contributed by atoms with Crippen molar-refractivity contribution in [3.63, 3.8) is 0 Å². The molecule has 21 heavy (non-hydrogen) atoms. The molecule has 0 spiro atoms. The van der Waals surface area contributed by atoms with Crippen LogP contribution < -0.4 is 14.8 Å². The van der Waals surface area contributed by atoms with E-state index in [-0.39, 0.29) is 0 Å². The van der Waals surface area contributed by atoms with Crippen molar-refractivity contribution in [2.24, 2.45) is 0 Å². The van der Waals surface area contributed by atoms with E-state index in [2.05, 4.69) is 17.0 Å². The fourth-order valence-corrected chi connectivity index (χ4v) is 1.61. The number of alkyl halides is 3. The van der Waals surface area contributed by atoms with Crippen molar-refractivity contribution in [1.29, 1.82) is 0 Å². The first-order valence-corrected chi connectivity index (χ1v) is 6.61. The van der Waals surface area contributed by atoms with Crippen molar-refractivity contribution in [3.8, 4) is 11.5 Å². The second kappa shape index (κ2) is 8.74. The van der Waals surface area contributed by atoms with Gasteiger partial charge in [-0.05, 0) is 30.7 Å². The minimum absolute atomic E-state index is 0.346. The lowest BCUT2D eigenvalue weighted by Gasteiger charge is -2.13. The quantitative estimate of drug-likeness (QED) is 0.562. The van der Waals surface area contributed by atoms with E-state index in [9.17, 15) is 13.2 Å². The van der Waals surface area contributed by atoms with Crippen LogP contribution in [0.2, 0.25) is 0 Å². The summed E-state index contributed by atoms with van der Waals surface area (Å²) in [4.78, 5) is 0. The summed E-state index contributed by atoms with van der Waals surface area (Å²) < 4.78 is 50.4. The zero-order valence-electron chi connectivity index (χ0n) is 12.1. The lowest BCUT2D eigenvalue weighted by Crippen LogP contribution is -2.19. The second-order valence-corrected chi connectivity index (χ2v) is 4.39. The molecular formula is C14H20F3NO3. The Bertz CT molecular complexity index is 424. The van der Waals surface area contributed by atoms with Gasteiger partial charge in [-0.1, -0.05) is 13.0 Å². The van der Waals surface area contributed by atoms with Gasteiger partial charge in [0.05, 0.1) is 7.11 Å². The Labute approximate surface area is 122 Å². The molecule has 0 radical (unpaired) electrons. The van der Waals surface area contributed by atoms with Gasteiger partial charge in [0, 0.05) is 6.54 Å². The van der Waals surface area contributed by atoms with E-state index in [1.807, 2.05) is 6.07 Å². The Kier molecular flexibility index (Phi) is 7.31. The Morgan fingerprint density at radius 1 is 1.19 bits per heavy atom. The van der Waals surface area contributed by atoms with Gasteiger partial charge >= 0.3 is 6.18 Å². The van der Waals surface area contributed by atoms with Crippen LogP contribution in [0.5, 0.6) is 11.5 Å². The Morgan fingerprint density at radius 2 is 1.95 bits per heavy atom. The molecule has 1 aromatic carbocycles. The van der Waals surface area contributed by atoms with Crippen molar-refractivity contribution >= 4 is 0 Å². The maximum Gasteiger partial charge on any atom is 0.411 e. The molecule has 0 amide bonds. The monoisotopic (exact) mass is 307 g/mol. The third-order valence-electron chi connectivity index (χ3n) is 2.55. The van der Waals surface area contributed by atoms with Gasteiger partial charge in [0.15, 0.2) is 18.3 Å². The van der Waals surface area contributed by atoms with Crippen LogP contribution in [0.25, 0.3) is 0 Å². The minimum Gasteiger partial charge on any atom is -0.493 e. The summed E-state index contributed by atoms with van der Waals surface area (Å²) in [6, 6.07) is 5.25. The number of halogens is 3. The lowest BCUT2D eigenvalue weighted by atomic mass is 10.2. The summed E-state index contributed by atoms with van der Waals surface area (Å²) in [5.74, 6) is 0.806. The van der Waals surface area contributed by atoms with E-state index in [4.69, 9.17) is 9.47 Å². The van der Waals surface area contributed by atoms with Crippen LogP contribution in [0.4, 0.5) is 13.2 Å². The van der Waals surface area contributed by atoms with Gasteiger partial charge in [-0.25, -0.2) is 0 Å². The summed E-state index contributed by atoms with van der Waals surface area (Å²) in [5, 5.41) is 3.24. The highest BCUT2D eigenvalue weighted by Crippen LogP contribution is 2.28. The molecule has 0 heterocycles. The number of ether oxygens (including phenoxy) is 3. The highest BCUT2D eigenvalue weighted by molar-refractivity contribution is 5.42. The molecule has 4 nitrogen and oxygen atoms in total. The fraction of sp³-hybridized carbons (Fsp3) is 0.571. The Balaban J connectivity index is 2.50. The zero-order valence-corrected chi connectivity index (χ0v) is 12.1. The van der Waals surface area contributed by atoms with Crippen LogP contribution in [0.3, 0.4) is 0 Å². The first-order chi connectivity index (χ1) is 9.96. The van der Waals surface area contributed by atoms with E-state index in [1.165, 1.54) is 7.11 Å². The van der Waals surface area contributed by atoms with Gasteiger partial charge in [-0.2, -0.15) is 13.2 Å². The number of benzene rings is 1. The maximum atomic E-state index is 11.9. The number of rotatable bonds is 9. The molecule has 0 saturated carbocycles. The van der Waals surface area contributed by atoms with Crippen molar-refractivity contribution in [1.82, 2.24) is 5.32 Å². The van der Waals surface area contributed by atoms with Crippen LogP contribution in [-0.4, -0.2) is 33.2 Å². The molecule has 0 fully saturated rings. The van der Waals surface area contributed by atoms with Gasteiger partial charge in [0.2, 0.25) is 0 Å². The number of methoxy groups -OCH3 is 1. The largest absolute Gasteiger partial charge is 0.493 e. The summed E-state index contributed by atoms with van der Waals surface area (Å²) in [7, 11) is 1.47. The van der Waals surface area contributed by atoms with Gasteiger partial charge in [-0.15, -0.1) is 0 Å². The first-order valence-electron chi connectivity index (χ1n) is 6.61. The van der Waals surface area contributed by atoms with E-state index in [0.717, 1.165) is 18.5 Å². The smallest absolute Gasteiger partial charge is 0.411 e. The maximum absolute atomic E-state index is 11.9.